The van der Waals surface area contributed by atoms with Crippen molar-refractivity contribution in [3.63, 3.8) is 0 Å². The molecule has 1 saturated carbocycles. The summed E-state index contributed by atoms with van der Waals surface area (Å²) in [6.45, 7) is 4.00. The van der Waals surface area contributed by atoms with E-state index in [4.69, 9.17) is 9.47 Å². The molecule has 1 amide bonds. The number of amides is 1. The van der Waals surface area contributed by atoms with Crippen molar-refractivity contribution in [3.05, 3.63) is 66.2 Å². The number of aromatic nitrogens is 3. The first kappa shape index (κ1) is 22.5. The molecule has 0 unspecified atom stereocenters. The maximum atomic E-state index is 11.9. The molecular weight excluding hydrogens is 442 g/mol. The van der Waals surface area contributed by atoms with Crippen LogP contribution in [0.1, 0.15) is 50.4 Å². The lowest BCUT2D eigenvalue weighted by atomic mass is 9.92. The van der Waals surface area contributed by atoms with Gasteiger partial charge >= 0.3 is 6.09 Å². The first-order valence-corrected chi connectivity index (χ1v) is 11.8. The standard InChI is InChI=1S/C27H27N5O3/c1-17(2)35-27(33)31-19-8-6-18(7-9-19)26-24(13-28)23-11-10-22(34-15-20-14-29-16-30-20)12-25(23)32(26)21-4-3-5-21/h6-12,14,16-17,21H,3-5,15H2,1-2H3,(H,29,30)(H,31,33). The summed E-state index contributed by atoms with van der Waals surface area (Å²) in [6, 6.07) is 16.2. The van der Waals surface area contributed by atoms with Crippen molar-refractivity contribution in [1.82, 2.24) is 14.5 Å². The number of ether oxygens (including phenoxy) is 2. The molecule has 2 aromatic heterocycles. The third kappa shape index (κ3) is 4.58. The maximum Gasteiger partial charge on any atom is 0.411 e. The van der Waals surface area contributed by atoms with Gasteiger partial charge in [-0.25, -0.2) is 9.78 Å². The second-order valence-electron chi connectivity index (χ2n) is 8.99. The molecule has 0 atom stereocenters. The number of nitriles is 1. The molecule has 2 heterocycles. The average molecular weight is 470 g/mol. The molecule has 1 aliphatic rings. The lowest BCUT2D eigenvalue weighted by Crippen LogP contribution is -2.18. The van der Waals surface area contributed by atoms with E-state index < -0.39 is 6.09 Å². The molecule has 8 nitrogen and oxygen atoms in total. The van der Waals surface area contributed by atoms with Crippen LogP contribution in [0.3, 0.4) is 0 Å². The minimum absolute atomic E-state index is 0.195. The van der Waals surface area contributed by atoms with E-state index in [-0.39, 0.29) is 6.10 Å². The smallest absolute Gasteiger partial charge is 0.411 e. The third-order valence-electron chi connectivity index (χ3n) is 6.22. The lowest BCUT2D eigenvalue weighted by molar-refractivity contribution is 0.130. The van der Waals surface area contributed by atoms with Crippen molar-refractivity contribution in [2.24, 2.45) is 0 Å². The van der Waals surface area contributed by atoms with Crippen molar-refractivity contribution in [2.75, 3.05) is 5.32 Å². The van der Waals surface area contributed by atoms with Crippen LogP contribution in [0, 0.1) is 11.3 Å². The zero-order valence-electron chi connectivity index (χ0n) is 19.7. The Bertz CT molecular complexity index is 1380. The minimum Gasteiger partial charge on any atom is -0.487 e. The Labute approximate surface area is 203 Å². The Morgan fingerprint density at radius 2 is 2.06 bits per heavy atom. The number of anilines is 1. The van der Waals surface area contributed by atoms with Gasteiger partial charge in [-0.15, -0.1) is 0 Å². The third-order valence-corrected chi connectivity index (χ3v) is 6.22. The van der Waals surface area contributed by atoms with Crippen molar-refractivity contribution >= 4 is 22.7 Å². The maximum absolute atomic E-state index is 11.9. The first-order valence-electron chi connectivity index (χ1n) is 11.8. The molecule has 0 bridgehead atoms. The van der Waals surface area contributed by atoms with Crippen molar-refractivity contribution < 1.29 is 14.3 Å². The van der Waals surface area contributed by atoms with Crippen LogP contribution in [-0.4, -0.2) is 26.7 Å². The topological polar surface area (TPSA) is 105 Å². The SMILES string of the molecule is CC(C)OC(=O)Nc1ccc(-c2c(C#N)c3ccc(OCc4cnc[nH]4)cc3n2C2CCC2)cc1. The van der Waals surface area contributed by atoms with Crippen LogP contribution in [0.2, 0.25) is 0 Å². The van der Waals surface area contributed by atoms with Crippen LogP contribution >= 0.6 is 0 Å². The van der Waals surface area contributed by atoms with Crippen LogP contribution in [0.25, 0.3) is 22.2 Å². The van der Waals surface area contributed by atoms with E-state index in [0.29, 0.717) is 23.9 Å². The number of benzene rings is 2. The summed E-state index contributed by atoms with van der Waals surface area (Å²) >= 11 is 0. The summed E-state index contributed by atoms with van der Waals surface area (Å²) in [5.74, 6) is 0.740. The molecular formula is C27H27N5O3. The van der Waals surface area contributed by atoms with Crippen molar-refractivity contribution in [2.45, 2.75) is 51.9 Å². The summed E-state index contributed by atoms with van der Waals surface area (Å²) in [7, 11) is 0. The van der Waals surface area contributed by atoms with E-state index >= 15 is 0 Å². The van der Waals surface area contributed by atoms with Crippen LogP contribution in [0.4, 0.5) is 10.5 Å². The number of rotatable bonds is 7. The predicted molar refractivity (Wildman–Crippen MR) is 133 cm³/mol. The fourth-order valence-corrected chi connectivity index (χ4v) is 4.40. The molecule has 1 fully saturated rings. The van der Waals surface area contributed by atoms with E-state index in [1.165, 1.54) is 6.42 Å². The number of nitrogens with zero attached hydrogens (tertiary/aromatic N) is 3. The number of aromatic amines is 1. The van der Waals surface area contributed by atoms with Gasteiger partial charge in [-0.3, -0.25) is 5.32 Å². The normalized spacial score (nSPS) is 13.4. The van der Waals surface area contributed by atoms with Gasteiger partial charge in [-0.1, -0.05) is 12.1 Å². The van der Waals surface area contributed by atoms with Gasteiger partial charge in [0.15, 0.2) is 0 Å². The zero-order valence-corrected chi connectivity index (χ0v) is 19.7. The fraction of sp³-hybridized carbons (Fsp3) is 0.296. The number of carbonyl (C=O) groups is 1. The van der Waals surface area contributed by atoms with Gasteiger partial charge < -0.3 is 19.0 Å². The molecule has 1 aliphatic carbocycles. The van der Waals surface area contributed by atoms with Crippen LogP contribution < -0.4 is 10.1 Å². The predicted octanol–water partition coefficient (Wildman–Crippen LogP) is 6.16. The largest absolute Gasteiger partial charge is 0.487 e. The second-order valence-corrected chi connectivity index (χ2v) is 8.99. The molecule has 4 aromatic rings. The molecule has 0 radical (unpaired) electrons. The van der Waals surface area contributed by atoms with Gasteiger partial charge in [0, 0.05) is 23.2 Å². The average Bonchev–Trinajstić information content (AvgIpc) is 3.43. The molecule has 35 heavy (non-hydrogen) atoms. The lowest BCUT2D eigenvalue weighted by Gasteiger charge is -2.30. The number of hydrogen-bond acceptors (Lipinski definition) is 5. The number of hydrogen-bond donors (Lipinski definition) is 2. The Morgan fingerprint density at radius 1 is 1.26 bits per heavy atom. The van der Waals surface area contributed by atoms with E-state index in [9.17, 15) is 10.1 Å². The molecule has 2 N–H and O–H groups in total. The summed E-state index contributed by atoms with van der Waals surface area (Å²) in [6.07, 6.45) is 5.99. The minimum atomic E-state index is -0.489. The van der Waals surface area contributed by atoms with Gasteiger partial charge in [0.05, 0.1) is 41.1 Å². The van der Waals surface area contributed by atoms with E-state index in [0.717, 1.165) is 46.4 Å². The Balaban J connectivity index is 1.51. The highest BCUT2D eigenvalue weighted by Gasteiger charge is 2.28. The summed E-state index contributed by atoms with van der Waals surface area (Å²) in [4.78, 5) is 19.0. The van der Waals surface area contributed by atoms with Gasteiger partial charge in [0.1, 0.15) is 18.4 Å². The molecule has 0 spiro atoms. The zero-order chi connectivity index (χ0) is 24.4. The number of nitrogens with one attached hydrogen (secondary N) is 2. The van der Waals surface area contributed by atoms with E-state index in [1.54, 1.807) is 26.4 Å². The molecule has 2 aromatic carbocycles. The highest BCUT2D eigenvalue weighted by atomic mass is 16.6. The Kier molecular flexibility index (Phi) is 6.15. The summed E-state index contributed by atoms with van der Waals surface area (Å²) in [5, 5.41) is 13.8. The molecule has 178 valence electrons. The number of fused-ring (bicyclic) bond motifs is 1. The van der Waals surface area contributed by atoms with Gasteiger partial charge in [-0.05, 0) is 62.9 Å². The number of H-pyrrole nitrogens is 1. The number of imidazole rings is 1. The van der Waals surface area contributed by atoms with E-state index in [1.807, 2.05) is 42.5 Å². The summed E-state index contributed by atoms with van der Waals surface area (Å²) in [5.41, 5.74) is 4.99. The second kappa shape index (κ2) is 9.55. The van der Waals surface area contributed by atoms with Crippen LogP contribution in [0.5, 0.6) is 5.75 Å². The fourth-order valence-electron chi connectivity index (χ4n) is 4.40. The highest BCUT2D eigenvalue weighted by Crippen LogP contribution is 2.43. The van der Waals surface area contributed by atoms with E-state index in [2.05, 4.69) is 25.9 Å². The molecule has 0 saturated heterocycles. The van der Waals surface area contributed by atoms with Crippen molar-refractivity contribution in [1.29, 1.82) is 5.26 Å². The quantitative estimate of drug-likeness (QED) is 0.337. The summed E-state index contributed by atoms with van der Waals surface area (Å²) < 4.78 is 13.4. The number of carbonyl (C=O) groups excluding carboxylic acids is 1. The van der Waals surface area contributed by atoms with Gasteiger partial charge in [-0.2, -0.15) is 5.26 Å². The van der Waals surface area contributed by atoms with Crippen LogP contribution in [0.15, 0.2) is 55.0 Å². The molecule has 0 aliphatic heterocycles. The molecule has 8 heteroatoms. The Morgan fingerprint density at radius 3 is 2.69 bits per heavy atom. The first-order chi connectivity index (χ1) is 17.0. The monoisotopic (exact) mass is 469 g/mol. The Hall–Kier alpha value is -4.25. The van der Waals surface area contributed by atoms with Crippen molar-refractivity contribution in [3.8, 4) is 23.1 Å². The van der Waals surface area contributed by atoms with Crippen LogP contribution in [-0.2, 0) is 11.3 Å². The highest BCUT2D eigenvalue weighted by molar-refractivity contribution is 5.96. The molecule has 5 rings (SSSR count). The van der Waals surface area contributed by atoms with Gasteiger partial charge in [0.25, 0.3) is 0 Å². The van der Waals surface area contributed by atoms with Gasteiger partial charge in [0.2, 0.25) is 0 Å².